The third kappa shape index (κ3) is 5.50. The highest BCUT2D eigenvalue weighted by Gasteiger charge is 2.18. The van der Waals surface area contributed by atoms with Crippen molar-refractivity contribution < 1.29 is 14.6 Å². The summed E-state index contributed by atoms with van der Waals surface area (Å²) >= 11 is 0. The summed E-state index contributed by atoms with van der Waals surface area (Å²) in [5, 5.41) is 9.04. The molecule has 0 bridgehead atoms. The normalized spacial score (nSPS) is 12.6. The van der Waals surface area contributed by atoms with Crippen molar-refractivity contribution in [2.24, 2.45) is 5.92 Å². The van der Waals surface area contributed by atoms with Crippen LogP contribution < -0.4 is 0 Å². The van der Waals surface area contributed by atoms with Crippen molar-refractivity contribution in [3.8, 4) is 0 Å². The monoisotopic (exact) mass is 236 g/mol. The van der Waals surface area contributed by atoms with Gasteiger partial charge in [-0.05, 0) is 24.3 Å². The first-order chi connectivity index (χ1) is 8.09. The van der Waals surface area contributed by atoms with Gasteiger partial charge in [-0.25, -0.2) is 4.79 Å². The number of carboxylic acids is 1. The molecular weight excluding hydrogens is 216 g/mol. The Kier molecular flexibility index (Phi) is 5.70. The molecule has 0 saturated carbocycles. The van der Waals surface area contributed by atoms with Crippen molar-refractivity contribution in [3.63, 3.8) is 0 Å². The molecule has 17 heavy (non-hydrogen) atoms. The summed E-state index contributed by atoms with van der Waals surface area (Å²) in [6.07, 6.45) is 0.739. The topological polar surface area (TPSA) is 46.5 Å². The van der Waals surface area contributed by atoms with Crippen molar-refractivity contribution in [1.82, 2.24) is 0 Å². The Morgan fingerprint density at radius 1 is 1.24 bits per heavy atom. The van der Waals surface area contributed by atoms with Crippen molar-refractivity contribution >= 4 is 5.97 Å². The van der Waals surface area contributed by atoms with Crippen LogP contribution in [0.2, 0.25) is 0 Å². The zero-order valence-electron chi connectivity index (χ0n) is 10.4. The van der Waals surface area contributed by atoms with Crippen molar-refractivity contribution in [2.45, 2.75) is 39.4 Å². The maximum absolute atomic E-state index is 11.0. The van der Waals surface area contributed by atoms with Crippen molar-refractivity contribution in [1.29, 1.82) is 0 Å². The van der Waals surface area contributed by atoms with Gasteiger partial charge in [0.2, 0.25) is 0 Å². The number of carboxylic acid groups (broad SMARTS) is 1. The first-order valence-corrected chi connectivity index (χ1v) is 5.98. The largest absolute Gasteiger partial charge is 0.479 e. The molecule has 1 rings (SSSR count). The number of rotatable bonds is 7. The van der Waals surface area contributed by atoms with E-state index in [1.54, 1.807) is 0 Å². The fourth-order valence-corrected chi connectivity index (χ4v) is 1.53. The van der Waals surface area contributed by atoms with Crippen LogP contribution in [0.5, 0.6) is 0 Å². The zero-order valence-corrected chi connectivity index (χ0v) is 10.4. The number of aliphatic carboxylic acids is 1. The SMILES string of the molecule is CC(C)CCC(OCc1ccccc1)C(=O)O. The second-order valence-electron chi connectivity index (χ2n) is 4.59. The van der Waals surface area contributed by atoms with Crippen LogP contribution in [-0.2, 0) is 16.1 Å². The fourth-order valence-electron chi connectivity index (χ4n) is 1.53. The maximum atomic E-state index is 11.0. The van der Waals surface area contributed by atoms with Gasteiger partial charge < -0.3 is 9.84 Å². The van der Waals surface area contributed by atoms with Crippen LogP contribution in [0.15, 0.2) is 30.3 Å². The van der Waals surface area contributed by atoms with Gasteiger partial charge in [0.25, 0.3) is 0 Å². The highest BCUT2D eigenvalue weighted by atomic mass is 16.5. The highest BCUT2D eigenvalue weighted by molar-refractivity contribution is 5.72. The summed E-state index contributed by atoms with van der Waals surface area (Å²) < 4.78 is 5.44. The van der Waals surface area contributed by atoms with E-state index in [4.69, 9.17) is 9.84 Å². The molecule has 0 spiro atoms. The number of hydrogen-bond acceptors (Lipinski definition) is 2. The first-order valence-electron chi connectivity index (χ1n) is 5.98. The lowest BCUT2D eigenvalue weighted by Gasteiger charge is -2.14. The standard InChI is InChI=1S/C14H20O3/c1-11(2)8-9-13(14(15)16)17-10-12-6-4-3-5-7-12/h3-7,11,13H,8-10H2,1-2H3,(H,15,16). The average molecular weight is 236 g/mol. The number of hydrogen-bond donors (Lipinski definition) is 1. The van der Waals surface area contributed by atoms with E-state index in [-0.39, 0.29) is 0 Å². The quantitative estimate of drug-likeness (QED) is 0.791. The summed E-state index contributed by atoms with van der Waals surface area (Å²) in [6, 6.07) is 9.63. The molecule has 0 fully saturated rings. The molecule has 1 unspecified atom stereocenters. The lowest BCUT2D eigenvalue weighted by atomic mass is 10.1. The minimum Gasteiger partial charge on any atom is -0.479 e. The summed E-state index contributed by atoms with van der Waals surface area (Å²) in [5.74, 6) is -0.376. The van der Waals surface area contributed by atoms with E-state index < -0.39 is 12.1 Å². The number of benzene rings is 1. The van der Waals surface area contributed by atoms with E-state index in [0.29, 0.717) is 18.9 Å². The van der Waals surface area contributed by atoms with Crippen molar-refractivity contribution in [3.05, 3.63) is 35.9 Å². The molecule has 1 atom stereocenters. The Morgan fingerprint density at radius 2 is 1.88 bits per heavy atom. The van der Waals surface area contributed by atoms with Crippen LogP contribution in [0.4, 0.5) is 0 Å². The van der Waals surface area contributed by atoms with Crippen LogP contribution in [0.1, 0.15) is 32.3 Å². The minimum absolute atomic E-state index is 0.357. The second-order valence-corrected chi connectivity index (χ2v) is 4.59. The van der Waals surface area contributed by atoms with Gasteiger partial charge in [-0.3, -0.25) is 0 Å². The van der Waals surface area contributed by atoms with Gasteiger partial charge >= 0.3 is 5.97 Å². The van der Waals surface area contributed by atoms with E-state index in [2.05, 4.69) is 13.8 Å². The van der Waals surface area contributed by atoms with Gasteiger partial charge in [0.15, 0.2) is 6.10 Å². The second kappa shape index (κ2) is 7.07. The van der Waals surface area contributed by atoms with E-state index >= 15 is 0 Å². The van der Waals surface area contributed by atoms with Gasteiger partial charge in [0.05, 0.1) is 6.61 Å². The van der Waals surface area contributed by atoms with Crippen molar-refractivity contribution in [2.75, 3.05) is 0 Å². The molecular formula is C14H20O3. The molecule has 0 radical (unpaired) electrons. The number of ether oxygens (including phenoxy) is 1. The Hall–Kier alpha value is -1.35. The Balaban J connectivity index is 2.42. The summed E-state index contributed by atoms with van der Waals surface area (Å²) in [4.78, 5) is 11.0. The predicted octanol–water partition coefficient (Wildman–Crippen LogP) is 3.09. The van der Waals surface area contributed by atoms with Crippen LogP contribution in [0.25, 0.3) is 0 Å². The summed E-state index contributed by atoms with van der Waals surface area (Å²) in [6.45, 7) is 4.52. The van der Waals surface area contributed by atoms with E-state index in [1.165, 1.54) is 0 Å². The van der Waals surface area contributed by atoms with Crippen LogP contribution >= 0.6 is 0 Å². The van der Waals surface area contributed by atoms with Crippen LogP contribution in [0.3, 0.4) is 0 Å². The lowest BCUT2D eigenvalue weighted by Crippen LogP contribution is -2.24. The smallest absolute Gasteiger partial charge is 0.332 e. The molecule has 0 aliphatic carbocycles. The molecule has 3 heteroatoms. The Bertz CT molecular complexity index is 333. The van der Waals surface area contributed by atoms with E-state index in [9.17, 15) is 4.79 Å². The highest BCUT2D eigenvalue weighted by Crippen LogP contribution is 2.12. The average Bonchev–Trinajstić information content (AvgIpc) is 2.29. The predicted molar refractivity (Wildman–Crippen MR) is 66.7 cm³/mol. The van der Waals surface area contributed by atoms with Gasteiger partial charge in [-0.2, -0.15) is 0 Å². The summed E-state index contributed by atoms with van der Waals surface area (Å²) in [5.41, 5.74) is 1.00. The van der Waals surface area contributed by atoms with E-state index in [1.807, 2.05) is 30.3 Å². The molecule has 0 amide bonds. The minimum atomic E-state index is -0.874. The first kappa shape index (κ1) is 13.7. The Morgan fingerprint density at radius 3 is 2.41 bits per heavy atom. The van der Waals surface area contributed by atoms with Gasteiger partial charge in [0, 0.05) is 0 Å². The Labute approximate surface area is 102 Å². The van der Waals surface area contributed by atoms with Gasteiger partial charge in [-0.1, -0.05) is 44.2 Å². The van der Waals surface area contributed by atoms with Gasteiger partial charge in [-0.15, -0.1) is 0 Å². The molecule has 0 heterocycles. The molecule has 1 aromatic carbocycles. The summed E-state index contributed by atoms with van der Waals surface area (Å²) in [7, 11) is 0. The zero-order chi connectivity index (χ0) is 12.7. The lowest BCUT2D eigenvalue weighted by molar-refractivity contribution is -0.151. The molecule has 1 aromatic rings. The molecule has 0 aliphatic rings. The van der Waals surface area contributed by atoms with Gasteiger partial charge in [0.1, 0.15) is 0 Å². The molecule has 1 N–H and O–H groups in total. The third-order valence-corrected chi connectivity index (χ3v) is 2.58. The molecule has 3 nitrogen and oxygen atoms in total. The molecule has 0 aromatic heterocycles. The number of carbonyl (C=O) groups is 1. The fraction of sp³-hybridized carbons (Fsp3) is 0.500. The van der Waals surface area contributed by atoms with Crippen LogP contribution in [0, 0.1) is 5.92 Å². The molecule has 94 valence electrons. The third-order valence-electron chi connectivity index (χ3n) is 2.58. The van der Waals surface area contributed by atoms with E-state index in [0.717, 1.165) is 12.0 Å². The molecule has 0 aliphatic heterocycles. The molecule has 0 saturated heterocycles. The maximum Gasteiger partial charge on any atom is 0.332 e. The van der Waals surface area contributed by atoms with Crippen LogP contribution in [-0.4, -0.2) is 17.2 Å².